The molecule has 0 aliphatic carbocycles. The minimum Gasteiger partial charge on any atom is -0.280 e. The average molecular weight is 415 g/mol. The van der Waals surface area contributed by atoms with E-state index in [0.717, 1.165) is 0 Å². The van der Waals surface area contributed by atoms with Gasteiger partial charge in [0.05, 0.1) is 32.3 Å². The second kappa shape index (κ2) is 7.31. The molecule has 5 nitrogen and oxygen atoms in total. The molecule has 4 rings (SSSR count). The van der Waals surface area contributed by atoms with E-state index >= 15 is 0 Å². The van der Waals surface area contributed by atoms with Gasteiger partial charge < -0.3 is 0 Å². The summed E-state index contributed by atoms with van der Waals surface area (Å²) in [5.41, 5.74) is 2.03. The summed E-state index contributed by atoms with van der Waals surface area (Å²) in [6.45, 7) is 0. The first-order chi connectivity index (χ1) is 13.1. The highest BCUT2D eigenvalue weighted by molar-refractivity contribution is 7.98. The Bertz CT molecular complexity index is 1190. The molecular weight excluding hydrogens is 403 g/mol. The number of nitrogens with zero attached hydrogens (tertiary/aromatic N) is 4. The number of hydrogen-bond acceptors (Lipinski definition) is 5. The van der Waals surface area contributed by atoms with Gasteiger partial charge in [0.1, 0.15) is 0 Å². The van der Waals surface area contributed by atoms with Crippen LogP contribution in [0.15, 0.2) is 64.9 Å². The maximum absolute atomic E-state index is 13.2. The highest BCUT2D eigenvalue weighted by Gasteiger charge is 2.17. The van der Waals surface area contributed by atoms with Crippen LogP contribution in [0.25, 0.3) is 27.8 Å². The molecule has 134 valence electrons. The van der Waals surface area contributed by atoms with Crippen molar-refractivity contribution in [1.29, 1.82) is 0 Å². The Balaban J connectivity index is 2.14. The van der Waals surface area contributed by atoms with Crippen molar-refractivity contribution in [2.24, 2.45) is 0 Å². The standard InChI is InChI=1S/C19H12Cl2N4OS/c1-27-19-23-9-11-16(24-19)12(15-7-2-3-8-22-15)10-25(18(11)26)17-13(20)5-4-6-14(17)21/h2-10H,1H3. The lowest BCUT2D eigenvalue weighted by atomic mass is 10.1. The van der Waals surface area contributed by atoms with Crippen LogP contribution in [0, 0.1) is 0 Å². The van der Waals surface area contributed by atoms with Gasteiger partial charge in [0, 0.05) is 24.2 Å². The summed E-state index contributed by atoms with van der Waals surface area (Å²) in [6, 6.07) is 10.7. The number of rotatable bonds is 3. The molecule has 0 atom stereocenters. The SMILES string of the molecule is CSc1ncc2c(=O)n(-c3c(Cl)cccc3Cl)cc(-c3ccccn3)c2n1. The summed E-state index contributed by atoms with van der Waals surface area (Å²) < 4.78 is 1.43. The summed E-state index contributed by atoms with van der Waals surface area (Å²) in [6.07, 6.45) is 6.78. The van der Waals surface area contributed by atoms with E-state index in [1.807, 2.05) is 24.5 Å². The van der Waals surface area contributed by atoms with E-state index in [1.165, 1.54) is 22.5 Å². The van der Waals surface area contributed by atoms with Gasteiger partial charge in [0.25, 0.3) is 5.56 Å². The van der Waals surface area contributed by atoms with Crippen LogP contribution in [-0.2, 0) is 0 Å². The highest BCUT2D eigenvalue weighted by atomic mass is 35.5. The highest BCUT2D eigenvalue weighted by Crippen LogP contribution is 2.31. The second-order valence-electron chi connectivity index (χ2n) is 5.62. The first kappa shape index (κ1) is 18.0. The Hall–Kier alpha value is -2.41. The van der Waals surface area contributed by atoms with Crippen molar-refractivity contribution in [2.75, 3.05) is 6.26 Å². The lowest BCUT2D eigenvalue weighted by Crippen LogP contribution is -2.20. The molecule has 0 N–H and O–H groups in total. The normalized spacial score (nSPS) is 11.1. The summed E-state index contributed by atoms with van der Waals surface area (Å²) in [5.74, 6) is 0. The number of para-hydroxylation sites is 1. The molecule has 0 radical (unpaired) electrons. The number of thioether (sulfide) groups is 1. The van der Waals surface area contributed by atoms with E-state index in [4.69, 9.17) is 23.2 Å². The van der Waals surface area contributed by atoms with Gasteiger partial charge in [-0.25, -0.2) is 9.97 Å². The fraction of sp³-hybridized carbons (Fsp3) is 0.0526. The van der Waals surface area contributed by atoms with E-state index in [0.29, 0.717) is 43.0 Å². The minimum atomic E-state index is -0.299. The summed E-state index contributed by atoms with van der Waals surface area (Å²) in [7, 11) is 0. The third kappa shape index (κ3) is 3.20. The molecule has 0 spiro atoms. The number of benzene rings is 1. The van der Waals surface area contributed by atoms with Crippen LogP contribution in [0.2, 0.25) is 10.0 Å². The van der Waals surface area contributed by atoms with Crippen LogP contribution >= 0.6 is 35.0 Å². The Kier molecular flexibility index (Phi) is 4.86. The molecule has 0 saturated heterocycles. The van der Waals surface area contributed by atoms with Gasteiger partial charge in [-0.1, -0.05) is 47.1 Å². The zero-order chi connectivity index (χ0) is 19.0. The van der Waals surface area contributed by atoms with Gasteiger partial charge in [-0.3, -0.25) is 14.3 Å². The molecule has 0 unspecified atom stereocenters. The van der Waals surface area contributed by atoms with Gasteiger partial charge in [-0.2, -0.15) is 0 Å². The van der Waals surface area contributed by atoms with Crippen molar-refractivity contribution >= 4 is 45.9 Å². The molecule has 27 heavy (non-hydrogen) atoms. The molecule has 0 bridgehead atoms. The number of halogens is 2. The van der Waals surface area contributed by atoms with Gasteiger partial charge in [0.2, 0.25) is 0 Å². The predicted octanol–water partition coefficient (Wildman–Crippen LogP) is 4.87. The second-order valence-corrected chi connectivity index (χ2v) is 7.21. The van der Waals surface area contributed by atoms with E-state index in [9.17, 15) is 4.79 Å². The maximum Gasteiger partial charge on any atom is 0.266 e. The van der Waals surface area contributed by atoms with E-state index < -0.39 is 0 Å². The number of aromatic nitrogens is 4. The van der Waals surface area contributed by atoms with Gasteiger partial charge in [0.15, 0.2) is 5.16 Å². The Morgan fingerprint density at radius 1 is 1.04 bits per heavy atom. The molecule has 3 heterocycles. The number of fused-ring (bicyclic) bond motifs is 1. The fourth-order valence-electron chi connectivity index (χ4n) is 2.80. The summed E-state index contributed by atoms with van der Waals surface area (Å²) in [5, 5.41) is 1.69. The molecule has 1 aromatic carbocycles. The third-order valence-electron chi connectivity index (χ3n) is 4.03. The number of pyridine rings is 2. The van der Waals surface area contributed by atoms with Crippen molar-refractivity contribution in [2.45, 2.75) is 5.16 Å². The Morgan fingerprint density at radius 2 is 1.81 bits per heavy atom. The Morgan fingerprint density at radius 3 is 2.48 bits per heavy atom. The van der Waals surface area contributed by atoms with E-state index in [1.54, 1.807) is 30.6 Å². The van der Waals surface area contributed by atoms with Crippen LogP contribution in [0.1, 0.15) is 0 Å². The summed E-state index contributed by atoms with van der Waals surface area (Å²) >= 11 is 14.1. The first-order valence-electron chi connectivity index (χ1n) is 7.92. The van der Waals surface area contributed by atoms with Crippen molar-refractivity contribution in [3.63, 3.8) is 0 Å². The van der Waals surface area contributed by atoms with Crippen molar-refractivity contribution in [1.82, 2.24) is 19.5 Å². The van der Waals surface area contributed by atoms with Crippen molar-refractivity contribution < 1.29 is 0 Å². The molecule has 0 fully saturated rings. The van der Waals surface area contributed by atoms with E-state index in [2.05, 4.69) is 15.0 Å². The van der Waals surface area contributed by atoms with Crippen LogP contribution in [0.5, 0.6) is 0 Å². The molecule has 4 aromatic rings. The largest absolute Gasteiger partial charge is 0.280 e. The average Bonchev–Trinajstić information content (AvgIpc) is 2.69. The summed E-state index contributed by atoms with van der Waals surface area (Å²) in [4.78, 5) is 26.4. The first-order valence-corrected chi connectivity index (χ1v) is 9.90. The minimum absolute atomic E-state index is 0.299. The lowest BCUT2D eigenvalue weighted by Gasteiger charge is -2.14. The molecule has 8 heteroatoms. The van der Waals surface area contributed by atoms with Crippen molar-refractivity contribution in [3.05, 3.63) is 75.4 Å². The number of hydrogen-bond donors (Lipinski definition) is 0. The zero-order valence-corrected chi connectivity index (χ0v) is 16.4. The van der Waals surface area contributed by atoms with Crippen LogP contribution in [0.4, 0.5) is 0 Å². The quantitative estimate of drug-likeness (QED) is 0.353. The zero-order valence-electron chi connectivity index (χ0n) is 14.1. The molecule has 0 amide bonds. The Labute approximate surface area is 169 Å². The maximum atomic E-state index is 13.2. The van der Waals surface area contributed by atoms with Crippen LogP contribution < -0.4 is 5.56 Å². The third-order valence-corrected chi connectivity index (χ3v) is 5.20. The monoisotopic (exact) mass is 414 g/mol. The van der Waals surface area contributed by atoms with E-state index in [-0.39, 0.29) is 5.56 Å². The topological polar surface area (TPSA) is 60.7 Å². The molecule has 3 aromatic heterocycles. The van der Waals surface area contributed by atoms with Crippen LogP contribution in [0.3, 0.4) is 0 Å². The lowest BCUT2D eigenvalue weighted by molar-refractivity contribution is 0.969. The molecule has 0 aliphatic heterocycles. The predicted molar refractivity (Wildman–Crippen MR) is 110 cm³/mol. The molecular formula is C19H12Cl2N4OS. The van der Waals surface area contributed by atoms with Gasteiger partial charge in [-0.15, -0.1) is 0 Å². The fourth-order valence-corrected chi connectivity index (χ4v) is 3.72. The van der Waals surface area contributed by atoms with Crippen LogP contribution in [-0.4, -0.2) is 25.8 Å². The molecule has 0 saturated carbocycles. The molecule has 0 aliphatic rings. The smallest absolute Gasteiger partial charge is 0.266 e. The van der Waals surface area contributed by atoms with Crippen molar-refractivity contribution in [3.8, 4) is 16.9 Å². The van der Waals surface area contributed by atoms with Gasteiger partial charge in [-0.05, 0) is 30.5 Å². The van der Waals surface area contributed by atoms with Gasteiger partial charge >= 0.3 is 0 Å².